The van der Waals surface area contributed by atoms with Crippen LogP contribution >= 0.6 is 0 Å². The monoisotopic (exact) mass is 231 g/mol. The Balaban J connectivity index is 1.99. The van der Waals surface area contributed by atoms with Gasteiger partial charge in [-0.2, -0.15) is 0 Å². The first-order chi connectivity index (χ1) is 8.20. The first-order valence-electron chi connectivity index (χ1n) is 6.71. The average molecular weight is 231 g/mol. The molecule has 2 aliphatic rings. The molecule has 1 aliphatic carbocycles. The minimum Gasteiger partial charge on any atom is -0.508 e. The van der Waals surface area contributed by atoms with Crippen LogP contribution in [0, 0.1) is 0 Å². The van der Waals surface area contributed by atoms with Gasteiger partial charge in [-0.1, -0.05) is 6.07 Å². The maximum Gasteiger partial charge on any atom is 0.115 e. The van der Waals surface area contributed by atoms with E-state index in [0.29, 0.717) is 11.2 Å². The van der Waals surface area contributed by atoms with Crippen molar-refractivity contribution in [2.24, 2.45) is 0 Å². The van der Waals surface area contributed by atoms with E-state index in [9.17, 15) is 5.11 Å². The molecule has 2 nitrogen and oxygen atoms in total. The van der Waals surface area contributed by atoms with Crippen molar-refractivity contribution in [1.29, 1.82) is 0 Å². The smallest absolute Gasteiger partial charge is 0.115 e. The summed E-state index contributed by atoms with van der Waals surface area (Å²) in [6.07, 6.45) is 6.31. The van der Waals surface area contributed by atoms with Crippen molar-refractivity contribution in [2.45, 2.75) is 37.5 Å². The summed E-state index contributed by atoms with van der Waals surface area (Å²) in [4.78, 5) is 2.43. The van der Waals surface area contributed by atoms with Crippen LogP contribution in [0.4, 0.5) is 0 Å². The maximum atomic E-state index is 9.61. The van der Waals surface area contributed by atoms with Gasteiger partial charge in [-0.3, -0.25) is 0 Å². The Bertz CT molecular complexity index is 419. The second-order valence-corrected chi connectivity index (χ2v) is 5.78. The standard InChI is InChI=1S/C15H21NO/c1-16-9-7-15(8-10-16)6-2-3-12-11-13(17)4-5-14(12)15/h4-5,11,17H,2-3,6-10H2,1H3. The van der Waals surface area contributed by atoms with Crippen molar-refractivity contribution in [3.63, 3.8) is 0 Å². The molecule has 0 amide bonds. The van der Waals surface area contributed by atoms with Gasteiger partial charge >= 0.3 is 0 Å². The SMILES string of the molecule is CN1CCC2(CCCc3cc(O)ccc32)CC1. The third-order valence-electron chi connectivity index (χ3n) is 4.71. The topological polar surface area (TPSA) is 23.5 Å². The van der Waals surface area contributed by atoms with E-state index < -0.39 is 0 Å². The van der Waals surface area contributed by atoms with E-state index in [1.807, 2.05) is 12.1 Å². The van der Waals surface area contributed by atoms with Crippen molar-refractivity contribution >= 4 is 0 Å². The molecule has 0 saturated carbocycles. The van der Waals surface area contributed by atoms with Crippen LogP contribution in [0.5, 0.6) is 5.75 Å². The highest BCUT2D eigenvalue weighted by atomic mass is 16.3. The van der Waals surface area contributed by atoms with Crippen molar-refractivity contribution < 1.29 is 5.11 Å². The van der Waals surface area contributed by atoms with E-state index in [1.165, 1.54) is 49.9 Å². The molecule has 1 spiro atoms. The number of nitrogens with zero attached hydrogens (tertiary/aromatic N) is 1. The highest BCUT2D eigenvalue weighted by Gasteiger charge is 2.38. The Kier molecular flexibility index (Phi) is 2.62. The molecule has 3 rings (SSSR count). The number of likely N-dealkylation sites (tertiary alicyclic amines) is 1. The molecular weight excluding hydrogens is 210 g/mol. The largest absolute Gasteiger partial charge is 0.508 e. The third kappa shape index (κ3) is 1.85. The van der Waals surface area contributed by atoms with E-state index in [-0.39, 0.29) is 0 Å². The fourth-order valence-electron chi connectivity index (χ4n) is 3.62. The molecule has 0 aromatic heterocycles. The lowest BCUT2D eigenvalue weighted by atomic mass is 9.65. The molecule has 0 bridgehead atoms. The second-order valence-electron chi connectivity index (χ2n) is 5.78. The Hall–Kier alpha value is -1.02. The van der Waals surface area contributed by atoms with Gasteiger partial charge in [0.25, 0.3) is 0 Å². The number of rotatable bonds is 0. The number of phenols is 1. The Morgan fingerprint density at radius 2 is 1.94 bits per heavy atom. The molecule has 0 radical (unpaired) electrons. The Morgan fingerprint density at radius 3 is 2.71 bits per heavy atom. The molecule has 0 unspecified atom stereocenters. The Labute approximate surface area is 103 Å². The van der Waals surface area contributed by atoms with Gasteiger partial charge in [0.15, 0.2) is 0 Å². The summed E-state index contributed by atoms with van der Waals surface area (Å²) in [7, 11) is 2.22. The van der Waals surface area contributed by atoms with Crippen LogP contribution in [0.3, 0.4) is 0 Å². The number of phenolic OH excluding ortho intramolecular Hbond substituents is 1. The molecule has 1 saturated heterocycles. The number of benzene rings is 1. The van der Waals surface area contributed by atoms with Crippen LogP contribution < -0.4 is 0 Å². The minimum absolute atomic E-state index is 0.411. The summed E-state index contributed by atoms with van der Waals surface area (Å²) in [5, 5.41) is 9.61. The van der Waals surface area contributed by atoms with Crippen LogP contribution in [0.25, 0.3) is 0 Å². The summed E-state index contributed by atoms with van der Waals surface area (Å²) < 4.78 is 0. The van der Waals surface area contributed by atoms with Crippen molar-refractivity contribution in [3.05, 3.63) is 29.3 Å². The van der Waals surface area contributed by atoms with Crippen LogP contribution in [0.1, 0.15) is 36.8 Å². The predicted molar refractivity (Wildman–Crippen MR) is 69.5 cm³/mol. The minimum atomic E-state index is 0.411. The van der Waals surface area contributed by atoms with Crippen LogP contribution in [0.2, 0.25) is 0 Å². The fraction of sp³-hybridized carbons (Fsp3) is 0.600. The number of aromatic hydroxyl groups is 1. The fourth-order valence-corrected chi connectivity index (χ4v) is 3.62. The quantitative estimate of drug-likeness (QED) is 0.742. The first kappa shape index (κ1) is 11.1. The molecule has 1 heterocycles. The van der Waals surface area contributed by atoms with Gasteiger partial charge in [-0.15, -0.1) is 0 Å². The molecule has 1 aliphatic heterocycles. The number of hydrogen-bond donors (Lipinski definition) is 1. The zero-order valence-corrected chi connectivity index (χ0v) is 10.6. The summed E-state index contributed by atoms with van der Waals surface area (Å²) in [6.45, 7) is 2.42. The second kappa shape index (κ2) is 4.02. The van der Waals surface area contributed by atoms with E-state index in [2.05, 4.69) is 18.0 Å². The van der Waals surface area contributed by atoms with Gasteiger partial charge in [-0.25, -0.2) is 0 Å². The van der Waals surface area contributed by atoms with E-state index in [0.717, 1.165) is 6.42 Å². The molecule has 1 aromatic rings. The summed E-state index contributed by atoms with van der Waals surface area (Å²) in [5.41, 5.74) is 3.32. The van der Waals surface area contributed by atoms with Crippen molar-refractivity contribution in [2.75, 3.05) is 20.1 Å². The number of hydrogen-bond acceptors (Lipinski definition) is 2. The lowest BCUT2D eigenvalue weighted by molar-refractivity contribution is 0.169. The van der Waals surface area contributed by atoms with Gasteiger partial charge in [-0.05, 0) is 80.9 Å². The molecule has 1 fully saturated rings. The average Bonchev–Trinajstić information content (AvgIpc) is 2.33. The summed E-state index contributed by atoms with van der Waals surface area (Å²) >= 11 is 0. The normalized spacial score (nSPS) is 23.6. The van der Waals surface area contributed by atoms with Gasteiger partial charge in [0.2, 0.25) is 0 Å². The van der Waals surface area contributed by atoms with Gasteiger partial charge < -0.3 is 10.0 Å². The lowest BCUT2D eigenvalue weighted by Gasteiger charge is -2.44. The molecule has 2 heteroatoms. The van der Waals surface area contributed by atoms with E-state index in [1.54, 1.807) is 0 Å². The zero-order chi connectivity index (χ0) is 11.9. The van der Waals surface area contributed by atoms with Gasteiger partial charge in [0.05, 0.1) is 0 Å². The van der Waals surface area contributed by atoms with Crippen molar-refractivity contribution in [3.8, 4) is 5.75 Å². The first-order valence-corrected chi connectivity index (χ1v) is 6.71. The summed E-state index contributed by atoms with van der Waals surface area (Å²) in [6, 6.07) is 6.02. The number of piperidine rings is 1. The number of fused-ring (bicyclic) bond motifs is 2. The molecule has 0 atom stereocenters. The predicted octanol–water partition coefficient (Wildman–Crippen LogP) is 2.69. The highest BCUT2D eigenvalue weighted by molar-refractivity contribution is 5.42. The van der Waals surface area contributed by atoms with Gasteiger partial charge in [0, 0.05) is 0 Å². The molecular formula is C15H21NO. The lowest BCUT2D eigenvalue weighted by Crippen LogP contribution is -2.42. The maximum absolute atomic E-state index is 9.61. The molecule has 92 valence electrons. The zero-order valence-electron chi connectivity index (χ0n) is 10.6. The van der Waals surface area contributed by atoms with Gasteiger partial charge in [0.1, 0.15) is 5.75 Å². The summed E-state index contributed by atoms with van der Waals surface area (Å²) in [5.74, 6) is 0.425. The molecule has 1 aromatic carbocycles. The third-order valence-corrected chi connectivity index (χ3v) is 4.71. The van der Waals surface area contributed by atoms with E-state index >= 15 is 0 Å². The number of aryl methyl sites for hydroxylation is 1. The Morgan fingerprint density at radius 1 is 1.18 bits per heavy atom. The van der Waals surface area contributed by atoms with Crippen LogP contribution in [-0.2, 0) is 11.8 Å². The van der Waals surface area contributed by atoms with Crippen molar-refractivity contribution in [1.82, 2.24) is 4.90 Å². The molecule has 1 N–H and O–H groups in total. The highest BCUT2D eigenvalue weighted by Crippen LogP contribution is 2.45. The van der Waals surface area contributed by atoms with Crippen LogP contribution in [0.15, 0.2) is 18.2 Å². The van der Waals surface area contributed by atoms with E-state index in [4.69, 9.17) is 0 Å². The van der Waals surface area contributed by atoms with Crippen LogP contribution in [-0.4, -0.2) is 30.1 Å². The molecule has 17 heavy (non-hydrogen) atoms.